The molecule has 1 N–H and O–H groups in total. The quantitative estimate of drug-likeness (QED) is 0.810. The smallest absolute Gasteiger partial charge is 0.234 e. The summed E-state index contributed by atoms with van der Waals surface area (Å²) in [6.07, 6.45) is 0.926. The fourth-order valence-electron chi connectivity index (χ4n) is 2.65. The highest BCUT2D eigenvalue weighted by molar-refractivity contribution is 5.94. The van der Waals surface area contributed by atoms with Gasteiger partial charge < -0.3 is 10.2 Å². The maximum absolute atomic E-state index is 14.2. The summed E-state index contributed by atoms with van der Waals surface area (Å²) in [6, 6.07) is 4.61. The summed E-state index contributed by atoms with van der Waals surface area (Å²) >= 11 is 0. The average Bonchev–Trinajstić information content (AvgIpc) is 2.53. The summed E-state index contributed by atoms with van der Waals surface area (Å²) in [6.45, 7) is 7.30. The van der Waals surface area contributed by atoms with Crippen LogP contribution in [0.2, 0.25) is 0 Å². The van der Waals surface area contributed by atoms with Gasteiger partial charge in [0.1, 0.15) is 5.82 Å². The third-order valence-electron chi connectivity index (χ3n) is 4.01. The maximum atomic E-state index is 14.2. The number of Topliss-reactive ketones (excluding diaryl/α,β-unsaturated/α-hetero) is 1. The van der Waals surface area contributed by atoms with E-state index in [9.17, 15) is 14.0 Å². The molecule has 0 aromatic heterocycles. The Morgan fingerprint density at radius 3 is 2.48 bits per heavy atom. The van der Waals surface area contributed by atoms with Crippen LogP contribution < -0.4 is 10.2 Å². The molecule has 1 aliphatic rings. The van der Waals surface area contributed by atoms with Crippen LogP contribution in [0.3, 0.4) is 0 Å². The lowest BCUT2D eigenvalue weighted by Gasteiger charge is -2.35. The Kier molecular flexibility index (Phi) is 6.10. The Hall–Kier alpha value is -1.95. The molecule has 1 saturated heterocycles. The minimum Gasteiger partial charge on any atom is -0.367 e. The molecule has 0 atom stereocenters. The number of hydrogen-bond acceptors (Lipinski definition) is 4. The Labute approximate surface area is 136 Å². The number of rotatable bonds is 6. The van der Waals surface area contributed by atoms with E-state index in [0.717, 1.165) is 6.42 Å². The summed E-state index contributed by atoms with van der Waals surface area (Å²) in [7, 11) is 0. The minimum absolute atomic E-state index is 0.0392. The van der Waals surface area contributed by atoms with E-state index in [-0.39, 0.29) is 17.5 Å². The first kappa shape index (κ1) is 17.4. The van der Waals surface area contributed by atoms with E-state index in [4.69, 9.17) is 0 Å². The normalized spacial score (nSPS) is 15.5. The van der Waals surface area contributed by atoms with E-state index in [2.05, 4.69) is 10.2 Å². The van der Waals surface area contributed by atoms with Crippen molar-refractivity contribution in [3.8, 4) is 0 Å². The molecule has 23 heavy (non-hydrogen) atoms. The standard InChI is InChI=1S/C17H24FN3O2/c1-3-6-19-17(23)12-20-7-9-21(10-8-20)16-5-4-14(13(2)22)11-15(16)18/h4-5,11H,3,6-10,12H2,1-2H3,(H,19,23). The van der Waals surface area contributed by atoms with Crippen LogP contribution >= 0.6 is 0 Å². The topological polar surface area (TPSA) is 52.7 Å². The predicted molar refractivity (Wildman–Crippen MR) is 88.4 cm³/mol. The van der Waals surface area contributed by atoms with Gasteiger partial charge in [0, 0.05) is 38.3 Å². The Morgan fingerprint density at radius 1 is 1.22 bits per heavy atom. The number of anilines is 1. The van der Waals surface area contributed by atoms with E-state index in [0.29, 0.717) is 50.5 Å². The van der Waals surface area contributed by atoms with Crippen molar-refractivity contribution in [2.75, 3.05) is 44.2 Å². The molecule has 1 aromatic rings. The Morgan fingerprint density at radius 2 is 1.91 bits per heavy atom. The molecule has 1 amide bonds. The second-order valence-electron chi connectivity index (χ2n) is 5.84. The summed E-state index contributed by atoms with van der Waals surface area (Å²) in [5.74, 6) is -0.470. The minimum atomic E-state index is -0.369. The van der Waals surface area contributed by atoms with E-state index in [1.54, 1.807) is 12.1 Å². The van der Waals surface area contributed by atoms with Crippen LogP contribution in [0.4, 0.5) is 10.1 Å². The molecule has 0 unspecified atom stereocenters. The molecule has 1 aromatic carbocycles. The fourth-order valence-corrected chi connectivity index (χ4v) is 2.65. The predicted octanol–water partition coefficient (Wildman–Crippen LogP) is 1.68. The van der Waals surface area contributed by atoms with Gasteiger partial charge >= 0.3 is 0 Å². The zero-order valence-corrected chi connectivity index (χ0v) is 13.8. The van der Waals surface area contributed by atoms with Crippen LogP contribution in [0.15, 0.2) is 18.2 Å². The number of nitrogens with zero attached hydrogens (tertiary/aromatic N) is 2. The number of amides is 1. The van der Waals surface area contributed by atoms with Crippen LogP contribution in [-0.2, 0) is 4.79 Å². The van der Waals surface area contributed by atoms with Crippen molar-refractivity contribution in [3.63, 3.8) is 0 Å². The van der Waals surface area contributed by atoms with Gasteiger partial charge in [-0.25, -0.2) is 4.39 Å². The van der Waals surface area contributed by atoms with Gasteiger partial charge in [-0.1, -0.05) is 6.92 Å². The summed E-state index contributed by atoms with van der Waals surface area (Å²) < 4.78 is 14.2. The molecule has 1 heterocycles. The number of hydrogen-bond donors (Lipinski definition) is 1. The van der Waals surface area contributed by atoms with Gasteiger partial charge in [0.2, 0.25) is 5.91 Å². The van der Waals surface area contributed by atoms with Crippen molar-refractivity contribution in [1.29, 1.82) is 0 Å². The van der Waals surface area contributed by atoms with E-state index >= 15 is 0 Å². The lowest BCUT2D eigenvalue weighted by atomic mass is 10.1. The molecule has 0 radical (unpaired) electrons. The number of carbonyl (C=O) groups is 2. The van der Waals surface area contributed by atoms with Gasteiger partial charge in [0.05, 0.1) is 12.2 Å². The zero-order valence-electron chi connectivity index (χ0n) is 13.8. The largest absolute Gasteiger partial charge is 0.367 e. The molecule has 2 rings (SSSR count). The SMILES string of the molecule is CCCNC(=O)CN1CCN(c2ccc(C(C)=O)cc2F)CC1. The van der Waals surface area contributed by atoms with Crippen LogP contribution in [-0.4, -0.2) is 55.9 Å². The molecule has 6 heteroatoms. The molecule has 126 valence electrons. The van der Waals surface area contributed by atoms with Crippen molar-refractivity contribution in [2.45, 2.75) is 20.3 Å². The third-order valence-corrected chi connectivity index (χ3v) is 4.01. The van der Waals surface area contributed by atoms with Gasteiger partial charge in [-0.3, -0.25) is 14.5 Å². The van der Waals surface area contributed by atoms with E-state index in [1.165, 1.54) is 13.0 Å². The molecule has 1 fully saturated rings. The second kappa shape index (κ2) is 8.06. The Bertz CT molecular complexity index is 569. The lowest BCUT2D eigenvalue weighted by molar-refractivity contribution is -0.122. The molecule has 5 nitrogen and oxygen atoms in total. The highest BCUT2D eigenvalue weighted by atomic mass is 19.1. The van der Waals surface area contributed by atoms with Gasteiger partial charge in [-0.2, -0.15) is 0 Å². The van der Waals surface area contributed by atoms with E-state index < -0.39 is 0 Å². The first-order chi connectivity index (χ1) is 11.0. The first-order valence-corrected chi connectivity index (χ1v) is 8.05. The van der Waals surface area contributed by atoms with Crippen molar-refractivity contribution in [3.05, 3.63) is 29.6 Å². The number of piperazine rings is 1. The van der Waals surface area contributed by atoms with E-state index in [1.807, 2.05) is 11.8 Å². The van der Waals surface area contributed by atoms with Crippen molar-refractivity contribution in [2.24, 2.45) is 0 Å². The van der Waals surface area contributed by atoms with Crippen molar-refractivity contribution in [1.82, 2.24) is 10.2 Å². The molecular weight excluding hydrogens is 297 g/mol. The number of benzene rings is 1. The van der Waals surface area contributed by atoms with Gasteiger partial charge in [-0.15, -0.1) is 0 Å². The molecule has 0 bridgehead atoms. The Balaban J connectivity index is 1.89. The van der Waals surface area contributed by atoms with Crippen LogP contribution in [0.25, 0.3) is 0 Å². The number of nitrogens with one attached hydrogen (secondary N) is 1. The highest BCUT2D eigenvalue weighted by Gasteiger charge is 2.21. The molecule has 1 aliphatic heterocycles. The average molecular weight is 321 g/mol. The first-order valence-electron chi connectivity index (χ1n) is 8.05. The second-order valence-corrected chi connectivity index (χ2v) is 5.84. The van der Waals surface area contributed by atoms with Crippen molar-refractivity contribution >= 4 is 17.4 Å². The summed E-state index contributed by atoms with van der Waals surface area (Å²) in [5, 5.41) is 2.86. The zero-order chi connectivity index (χ0) is 16.8. The fraction of sp³-hybridized carbons (Fsp3) is 0.529. The lowest BCUT2D eigenvalue weighted by Crippen LogP contribution is -2.49. The molecule has 0 spiro atoms. The van der Waals surface area contributed by atoms with Crippen LogP contribution in [0, 0.1) is 5.82 Å². The monoisotopic (exact) mass is 321 g/mol. The van der Waals surface area contributed by atoms with Gasteiger partial charge in [0.15, 0.2) is 5.78 Å². The van der Waals surface area contributed by atoms with Crippen LogP contribution in [0.1, 0.15) is 30.6 Å². The maximum Gasteiger partial charge on any atom is 0.234 e. The summed E-state index contributed by atoms with van der Waals surface area (Å²) in [5.41, 5.74) is 0.905. The molecule has 0 aliphatic carbocycles. The number of ketones is 1. The number of carbonyl (C=O) groups excluding carboxylic acids is 2. The molecule has 0 saturated carbocycles. The van der Waals surface area contributed by atoms with Gasteiger partial charge in [-0.05, 0) is 31.5 Å². The molecular formula is C17H24FN3O2. The van der Waals surface area contributed by atoms with Gasteiger partial charge in [0.25, 0.3) is 0 Å². The highest BCUT2D eigenvalue weighted by Crippen LogP contribution is 2.22. The third kappa shape index (κ3) is 4.76. The number of halogens is 1. The van der Waals surface area contributed by atoms with Crippen molar-refractivity contribution < 1.29 is 14.0 Å². The summed E-state index contributed by atoms with van der Waals surface area (Å²) in [4.78, 5) is 27.0. The van der Waals surface area contributed by atoms with Crippen LogP contribution in [0.5, 0.6) is 0 Å².